The van der Waals surface area contributed by atoms with Crippen molar-refractivity contribution in [2.24, 2.45) is 0 Å². The lowest BCUT2D eigenvalue weighted by atomic mass is 10.1. The molecular weight excluding hydrogens is 510 g/mol. The van der Waals surface area contributed by atoms with Gasteiger partial charge in [0.15, 0.2) is 0 Å². The fraction of sp³-hybridized carbons (Fsp3) is 0.286. The van der Waals surface area contributed by atoms with Crippen LogP contribution in [0.4, 0.5) is 5.69 Å². The number of hydrogen-bond acceptors (Lipinski definition) is 4. The quantitative estimate of drug-likeness (QED) is 0.428. The zero-order chi connectivity index (χ0) is 27.3. The van der Waals surface area contributed by atoms with Crippen molar-refractivity contribution in [2.45, 2.75) is 45.2 Å². The molecule has 0 aliphatic heterocycles. The minimum Gasteiger partial charge on any atom is -0.357 e. The molecule has 0 spiro atoms. The molecule has 1 N–H and O–H groups in total. The summed E-state index contributed by atoms with van der Waals surface area (Å²) in [5, 5.41) is 3.01. The van der Waals surface area contributed by atoms with Crippen LogP contribution in [0, 0.1) is 20.8 Å². The van der Waals surface area contributed by atoms with E-state index in [1.165, 1.54) is 24.1 Å². The minimum atomic E-state index is -4.11. The van der Waals surface area contributed by atoms with Crippen LogP contribution >= 0.6 is 11.6 Å². The average molecular weight is 542 g/mol. The third-order valence-corrected chi connectivity index (χ3v) is 8.59. The van der Waals surface area contributed by atoms with Gasteiger partial charge in [0.25, 0.3) is 10.0 Å². The first-order chi connectivity index (χ1) is 17.5. The summed E-state index contributed by atoms with van der Waals surface area (Å²) in [7, 11) is -2.62. The second-order valence-corrected chi connectivity index (χ2v) is 11.2. The van der Waals surface area contributed by atoms with Gasteiger partial charge in [0.2, 0.25) is 11.8 Å². The molecule has 0 aliphatic carbocycles. The van der Waals surface area contributed by atoms with Crippen LogP contribution in [0.25, 0.3) is 0 Å². The van der Waals surface area contributed by atoms with Crippen LogP contribution in [0.1, 0.15) is 29.2 Å². The Hall–Kier alpha value is -3.36. The fourth-order valence-corrected chi connectivity index (χ4v) is 5.63. The third-order valence-electron chi connectivity index (χ3n) is 6.44. The number of halogens is 1. The Balaban J connectivity index is 2.09. The van der Waals surface area contributed by atoms with E-state index in [0.29, 0.717) is 16.3 Å². The number of carbonyl (C=O) groups excluding carboxylic acids is 2. The third kappa shape index (κ3) is 6.32. The SMILES string of the molecule is CNC(=O)[C@H](C)N(Cc1ccccc1Cl)C(=O)CN(c1cccc(C)c1C)S(=O)(=O)c1ccc(C)cc1. The summed E-state index contributed by atoms with van der Waals surface area (Å²) in [4.78, 5) is 27.8. The molecule has 0 radical (unpaired) electrons. The van der Waals surface area contributed by atoms with E-state index in [4.69, 9.17) is 11.6 Å². The molecule has 0 aromatic heterocycles. The Labute approximate surface area is 224 Å². The predicted molar refractivity (Wildman–Crippen MR) is 147 cm³/mol. The van der Waals surface area contributed by atoms with Gasteiger partial charge in [-0.25, -0.2) is 8.42 Å². The molecule has 3 aromatic rings. The summed E-state index contributed by atoms with van der Waals surface area (Å²) in [6.45, 7) is 6.72. The molecule has 7 nitrogen and oxygen atoms in total. The number of rotatable bonds is 9. The minimum absolute atomic E-state index is 0.0400. The summed E-state index contributed by atoms with van der Waals surface area (Å²) < 4.78 is 28.9. The van der Waals surface area contributed by atoms with Gasteiger partial charge in [0.1, 0.15) is 12.6 Å². The lowest BCUT2D eigenvalue weighted by Crippen LogP contribution is -2.50. The molecule has 3 rings (SSSR count). The summed E-state index contributed by atoms with van der Waals surface area (Å²) in [5.41, 5.74) is 3.59. The molecule has 0 saturated heterocycles. The summed E-state index contributed by atoms with van der Waals surface area (Å²) >= 11 is 6.35. The Morgan fingerprint density at radius 3 is 2.22 bits per heavy atom. The van der Waals surface area contributed by atoms with Crippen LogP contribution in [0.3, 0.4) is 0 Å². The maximum absolute atomic E-state index is 13.9. The molecule has 1 atom stereocenters. The Kier molecular flexibility index (Phi) is 8.99. The maximum Gasteiger partial charge on any atom is 0.264 e. The molecule has 9 heteroatoms. The molecule has 196 valence electrons. The average Bonchev–Trinajstić information content (AvgIpc) is 2.87. The van der Waals surface area contributed by atoms with E-state index in [2.05, 4.69) is 5.32 Å². The smallest absolute Gasteiger partial charge is 0.264 e. The highest BCUT2D eigenvalue weighted by Gasteiger charge is 2.33. The van der Waals surface area contributed by atoms with Crippen LogP contribution in [0.15, 0.2) is 71.6 Å². The van der Waals surface area contributed by atoms with Gasteiger partial charge in [0, 0.05) is 18.6 Å². The lowest BCUT2D eigenvalue weighted by molar-refractivity contribution is -0.139. The van der Waals surface area contributed by atoms with E-state index in [1.807, 2.05) is 26.8 Å². The van der Waals surface area contributed by atoms with E-state index < -0.39 is 28.5 Å². The summed E-state index contributed by atoms with van der Waals surface area (Å²) in [5.74, 6) is -0.910. The number of carbonyl (C=O) groups is 2. The zero-order valence-electron chi connectivity index (χ0n) is 21.7. The second-order valence-electron chi connectivity index (χ2n) is 8.95. The summed E-state index contributed by atoms with van der Waals surface area (Å²) in [6, 6.07) is 18.0. The Bertz CT molecular complexity index is 1390. The largest absolute Gasteiger partial charge is 0.357 e. The molecule has 0 aliphatic rings. The lowest BCUT2D eigenvalue weighted by Gasteiger charge is -2.32. The van der Waals surface area contributed by atoms with Crippen molar-refractivity contribution in [1.82, 2.24) is 10.2 Å². The van der Waals surface area contributed by atoms with Crippen LogP contribution < -0.4 is 9.62 Å². The van der Waals surface area contributed by atoms with Crippen LogP contribution in [-0.2, 0) is 26.2 Å². The Morgan fingerprint density at radius 1 is 0.946 bits per heavy atom. The molecule has 0 unspecified atom stereocenters. The standard InChI is InChI=1S/C28H32ClN3O4S/c1-19-13-15-24(16-14-19)37(35,36)32(26-12-8-9-20(2)21(26)3)18-27(33)31(22(4)28(34)30-5)17-23-10-6-7-11-25(23)29/h6-16,22H,17-18H2,1-5H3,(H,30,34)/t22-/m0/s1. The zero-order valence-corrected chi connectivity index (χ0v) is 23.2. The number of anilines is 1. The number of amides is 2. The van der Waals surface area contributed by atoms with Crippen LogP contribution in [0.2, 0.25) is 5.02 Å². The van der Waals surface area contributed by atoms with Crippen molar-refractivity contribution >= 4 is 39.1 Å². The molecule has 37 heavy (non-hydrogen) atoms. The van der Waals surface area contributed by atoms with Crippen molar-refractivity contribution in [2.75, 3.05) is 17.9 Å². The molecule has 3 aromatic carbocycles. The monoisotopic (exact) mass is 541 g/mol. The van der Waals surface area contributed by atoms with E-state index in [-0.39, 0.29) is 17.3 Å². The highest BCUT2D eigenvalue weighted by atomic mass is 35.5. The predicted octanol–water partition coefficient (Wildman–Crippen LogP) is 4.62. The first kappa shape index (κ1) is 28.2. The van der Waals surface area contributed by atoms with Gasteiger partial charge in [0.05, 0.1) is 10.6 Å². The van der Waals surface area contributed by atoms with Crippen molar-refractivity contribution in [3.63, 3.8) is 0 Å². The van der Waals surface area contributed by atoms with Gasteiger partial charge in [-0.2, -0.15) is 0 Å². The van der Waals surface area contributed by atoms with Gasteiger partial charge in [-0.15, -0.1) is 0 Å². The van der Waals surface area contributed by atoms with Crippen molar-refractivity contribution in [3.05, 3.63) is 94.0 Å². The van der Waals surface area contributed by atoms with Crippen LogP contribution in [0.5, 0.6) is 0 Å². The van der Waals surface area contributed by atoms with Crippen LogP contribution in [-0.4, -0.2) is 44.8 Å². The van der Waals surface area contributed by atoms with E-state index >= 15 is 0 Å². The first-order valence-electron chi connectivity index (χ1n) is 11.9. The molecule has 0 saturated carbocycles. The van der Waals surface area contributed by atoms with E-state index in [1.54, 1.807) is 55.5 Å². The van der Waals surface area contributed by atoms with Crippen molar-refractivity contribution in [3.8, 4) is 0 Å². The molecule has 0 heterocycles. The van der Waals surface area contributed by atoms with E-state index in [9.17, 15) is 18.0 Å². The number of benzene rings is 3. The topological polar surface area (TPSA) is 86.8 Å². The molecular formula is C28H32ClN3O4S. The summed E-state index contributed by atoms with van der Waals surface area (Å²) in [6.07, 6.45) is 0. The molecule has 0 bridgehead atoms. The first-order valence-corrected chi connectivity index (χ1v) is 13.7. The number of nitrogens with one attached hydrogen (secondary N) is 1. The van der Waals surface area contributed by atoms with Gasteiger partial charge < -0.3 is 10.2 Å². The maximum atomic E-state index is 13.9. The van der Waals surface area contributed by atoms with E-state index in [0.717, 1.165) is 21.0 Å². The Morgan fingerprint density at radius 2 is 1.59 bits per heavy atom. The number of sulfonamides is 1. The second kappa shape index (κ2) is 11.8. The van der Waals surface area contributed by atoms with Crippen molar-refractivity contribution in [1.29, 1.82) is 0 Å². The fourth-order valence-electron chi connectivity index (χ4n) is 3.96. The number of likely N-dealkylation sites (N-methyl/N-ethyl adjacent to an activating group) is 1. The molecule has 0 fully saturated rings. The number of hydrogen-bond donors (Lipinski definition) is 1. The van der Waals surface area contributed by atoms with Gasteiger partial charge in [-0.05, 0) is 68.7 Å². The van der Waals surface area contributed by atoms with Crippen molar-refractivity contribution < 1.29 is 18.0 Å². The highest BCUT2D eigenvalue weighted by Crippen LogP contribution is 2.29. The number of nitrogens with zero attached hydrogens (tertiary/aromatic N) is 2. The molecule has 2 amide bonds. The van der Waals surface area contributed by atoms with Gasteiger partial charge >= 0.3 is 0 Å². The van der Waals surface area contributed by atoms with Gasteiger partial charge in [-0.1, -0.05) is 59.6 Å². The normalized spacial score (nSPS) is 12.1. The number of aryl methyl sites for hydroxylation is 2. The van der Waals surface area contributed by atoms with Gasteiger partial charge in [-0.3, -0.25) is 13.9 Å². The highest BCUT2D eigenvalue weighted by molar-refractivity contribution is 7.92.